The Balaban J connectivity index is 3.15. The van der Waals surface area contributed by atoms with Crippen LogP contribution in [0.15, 0.2) is 0 Å². The molecular weight excluding hydrogens is 162 g/mol. The van der Waals surface area contributed by atoms with Gasteiger partial charge in [0.05, 0.1) is 6.10 Å². The van der Waals surface area contributed by atoms with Crippen molar-refractivity contribution < 1.29 is 5.11 Å². The van der Waals surface area contributed by atoms with Crippen molar-refractivity contribution in [1.82, 2.24) is 5.32 Å². The normalized spacial score (nSPS) is 15.7. The molecule has 2 heteroatoms. The van der Waals surface area contributed by atoms with E-state index in [1.807, 2.05) is 6.92 Å². The van der Waals surface area contributed by atoms with Crippen LogP contribution in [0.1, 0.15) is 52.9 Å². The quantitative estimate of drug-likeness (QED) is 0.572. The number of hydrogen-bond donors (Lipinski definition) is 2. The molecule has 0 bridgehead atoms. The van der Waals surface area contributed by atoms with Crippen LogP contribution >= 0.6 is 0 Å². The molecule has 0 saturated heterocycles. The molecule has 2 N–H and O–H groups in total. The van der Waals surface area contributed by atoms with Gasteiger partial charge in [0.2, 0.25) is 0 Å². The van der Waals surface area contributed by atoms with E-state index in [-0.39, 0.29) is 6.10 Å². The van der Waals surface area contributed by atoms with Crippen molar-refractivity contribution in [3.8, 4) is 0 Å². The fourth-order valence-corrected chi connectivity index (χ4v) is 1.34. The van der Waals surface area contributed by atoms with Gasteiger partial charge in [0.15, 0.2) is 0 Å². The lowest BCUT2D eigenvalue weighted by atomic mass is 10.1. The molecule has 0 aliphatic heterocycles. The molecule has 0 saturated carbocycles. The Labute approximate surface area is 82.7 Å². The third kappa shape index (κ3) is 9.84. The van der Waals surface area contributed by atoms with E-state index in [9.17, 15) is 0 Å². The molecule has 0 fully saturated rings. The zero-order valence-corrected chi connectivity index (χ0v) is 9.34. The van der Waals surface area contributed by atoms with E-state index in [4.69, 9.17) is 5.11 Å². The zero-order chi connectivity index (χ0) is 10.1. The number of aliphatic hydroxyl groups excluding tert-OH is 1. The SMILES string of the molecule is CCCCC[C@@H](C)NCC[C@@H](C)O. The summed E-state index contributed by atoms with van der Waals surface area (Å²) in [7, 11) is 0. The van der Waals surface area contributed by atoms with Crippen LogP contribution in [0.5, 0.6) is 0 Å². The van der Waals surface area contributed by atoms with Crippen LogP contribution in [-0.2, 0) is 0 Å². The standard InChI is InChI=1S/C11H25NO/c1-4-5-6-7-10(2)12-9-8-11(3)13/h10-13H,4-9H2,1-3H3/t10-,11-/m1/s1. The molecule has 0 aromatic heterocycles. The molecule has 13 heavy (non-hydrogen) atoms. The van der Waals surface area contributed by atoms with Gasteiger partial charge in [0.25, 0.3) is 0 Å². The van der Waals surface area contributed by atoms with Crippen molar-refractivity contribution in [2.75, 3.05) is 6.54 Å². The van der Waals surface area contributed by atoms with Crippen LogP contribution in [0, 0.1) is 0 Å². The second-order valence-electron chi connectivity index (χ2n) is 3.99. The van der Waals surface area contributed by atoms with Crippen LogP contribution in [0.2, 0.25) is 0 Å². The van der Waals surface area contributed by atoms with Gasteiger partial charge in [0, 0.05) is 6.04 Å². The Bertz CT molecular complexity index is 104. The Morgan fingerprint density at radius 2 is 1.85 bits per heavy atom. The van der Waals surface area contributed by atoms with E-state index >= 15 is 0 Å². The van der Waals surface area contributed by atoms with Gasteiger partial charge >= 0.3 is 0 Å². The van der Waals surface area contributed by atoms with Gasteiger partial charge in [-0.1, -0.05) is 26.2 Å². The monoisotopic (exact) mass is 187 g/mol. The van der Waals surface area contributed by atoms with E-state index in [0.29, 0.717) is 6.04 Å². The lowest BCUT2D eigenvalue weighted by Crippen LogP contribution is -2.28. The minimum Gasteiger partial charge on any atom is -0.393 e. The maximum atomic E-state index is 9.04. The highest BCUT2D eigenvalue weighted by atomic mass is 16.3. The summed E-state index contributed by atoms with van der Waals surface area (Å²) in [5.41, 5.74) is 0. The number of aliphatic hydroxyl groups is 1. The predicted molar refractivity (Wildman–Crippen MR) is 57.9 cm³/mol. The van der Waals surface area contributed by atoms with Gasteiger partial charge in [-0.05, 0) is 33.2 Å². The molecule has 0 radical (unpaired) electrons. The Hall–Kier alpha value is -0.0800. The van der Waals surface area contributed by atoms with Crippen molar-refractivity contribution in [2.24, 2.45) is 0 Å². The number of rotatable bonds is 8. The van der Waals surface area contributed by atoms with E-state index < -0.39 is 0 Å². The lowest BCUT2D eigenvalue weighted by Gasteiger charge is -2.13. The topological polar surface area (TPSA) is 32.3 Å². The summed E-state index contributed by atoms with van der Waals surface area (Å²) < 4.78 is 0. The van der Waals surface area contributed by atoms with Crippen molar-refractivity contribution in [3.63, 3.8) is 0 Å². The van der Waals surface area contributed by atoms with Gasteiger partial charge in [-0.2, -0.15) is 0 Å². The predicted octanol–water partition coefficient (Wildman–Crippen LogP) is 2.32. The van der Waals surface area contributed by atoms with Gasteiger partial charge in [-0.25, -0.2) is 0 Å². The van der Waals surface area contributed by atoms with Crippen LogP contribution in [0.4, 0.5) is 0 Å². The summed E-state index contributed by atoms with van der Waals surface area (Å²) in [6.07, 6.45) is 5.89. The Morgan fingerprint density at radius 1 is 1.15 bits per heavy atom. The molecule has 80 valence electrons. The number of hydrogen-bond acceptors (Lipinski definition) is 2. The third-order valence-electron chi connectivity index (χ3n) is 2.30. The molecule has 2 atom stereocenters. The third-order valence-corrected chi connectivity index (χ3v) is 2.30. The smallest absolute Gasteiger partial charge is 0.0524 e. The first kappa shape index (κ1) is 12.9. The fraction of sp³-hybridized carbons (Fsp3) is 1.00. The minimum atomic E-state index is -0.171. The van der Waals surface area contributed by atoms with Gasteiger partial charge in [0.1, 0.15) is 0 Å². The van der Waals surface area contributed by atoms with Crippen molar-refractivity contribution in [2.45, 2.75) is 65.0 Å². The summed E-state index contributed by atoms with van der Waals surface area (Å²) in [6, 6.07) is 0.602. The molecule has 0 unspecified atom stereocenters. The maximum Gasteiger partial charge on any atom is 0.0524 e. The van der Waals surface area contributed by atoms with E-state index in [2.05, 4.69) is 19.2 Å². The minimum absolute atomic E-state index is 0.171. The average Bonchev–Trinajstić information content (AvgIpc) is 2.04. The largest absolute Gasteiger partial charge is 0.393 e. The van der Waals surface area contributed by atoms with E-state index in [0.717, 1.165) is 13.0 Å². The van der Waals surface area contributed by atoms with Gasteiger partial charge < -0.3 is 10.4 Å². The summed E-state index contributed by atoms with van der Waals surface area (Å²) in [4.78, 5) is 0. The molecule has 0 aliphatic rings. The van der Waals surface area contributed by atoms with Crippen LogP contribution in [0.3, 0.4) is 0 Å². The van der Waals surface area contributed by atoms with Gasteiger partial charge in [-0.15, -0.1) is 0 Å². The van der Waals surface area contributed by atoms with Gasteiger partial charge in [-0.3, -0.25) is 0 Å². The highest BCUT2D eigenvalue weighted by Crippen LogP contribution is 2.02. The first-order valence-corrected chi connectivity index (χ1v) is 5.58. The van der Waals surface area contributed by atoms with E-state index in [1.54, 1.807) is 0 Å². The summed E-state index contributed by atoms with van der Waals surface area (Å²) >= 11 is 0. The molecule has 2 nitrogen and oxygen atoms in total. The highest BCUT2D eigenvalue weighted by molar-refractivity contribution is 4.61. The molecule has 0 heterocycles. The molecule has 0 amide bonds. The fourth-order valence-electron chi connectivity index (χ4n) is 1.34. The van der Waals surface area contributed by atoms with Crippen LogP contribution < -0.4 is 5.32 Å². The average molecular weight is 187 g/mol. The summed E-state index contributed by atoms with van der Waals surface area (Å²) in [5, 5.41) is 12.5. The maximum absolute atomic E-state index is 9.04. The van der Waals surface area contributed by atoms with E-state index in [1.165, 1.54) is 25.7 Å². The molecule has 0 aliphatic carbocycles. The molecule has 0 aromatic carbocycles. The highest BCUT2D eigenvalue weighted by Gasteiger charge is 2.01. The molecule has 0 aromatic rings. The van der Waals surface area contributed by atoms with Crippen molar-refractivity contribution in [3.05, 3.63) is 0 Å². The molecule has 0 spiro atoms. The second kappa shape index (κ2) is 8.52. The van der Waals surface area contributed by atoms with Crippen molar-refractivity contribution in [1.29, 1.82) is 0 Å². The Kier molecular flexibility index (Phi) is 8.46. The first-order chi connectivity index (χ1) is 6.16. The van der Waals surface area contributed by atoms with Crippen molar-refractivity contribution >= 4 is 0 Å². The lowest BCUT2D eigenvalue weighted by molar-refractivity contribution is 0.182. The zero-order valence-electron chi connectivity index (χ0n) is 9.34. The number of unbranched alkanes of at least 4 members (excludes halogenated alkanes) is 2. The Morgan fingerprint density at radius 3 is 2.38 bits per heavy atom. The first-order valence-electron chi connectivity index (χ1n) is 5.58. The van der Waals surface area contributed by atoms with Crippen LogP contribution in [-0.4, -0.2) is 23.8 Å². The summed E-state index contributed by atoms with van der Waals surface area (Å²) in [5.74, 6) is 0. The molecule has 0 rings (SSSR count). The number of nitrogens with one attached hydrogen (secondary N) is 1. The molecular formula is C11H25NO. The van der Waals surface area contributed by atoms with Crippen LogP contribution in [0.25, 0.3) is 0 Å². The summed E-state index contributed by atoms with van der Waals surface area (Å²) in [6.45, 7) is 7.22. The second-order valence-corrected chi connectivity index (χ2v) is 3.99.